The van der Waals surface area contributed by atoms with Gasteiger partial charge in [0.1, 0.15) is 5.82 Å². The minimum atomic E-state index is 0.0112. The van der Waals surface area contributed by atoms with Gasteiger partial charge in [0.05, 0.1) is 6.61 Å². The Balaban J connectivity index is 2.35. The molecule has 0 fully saturated rings. The predicted octanol–water partition coefficient (Wildman–Crippen LogP) is 2.79. The molecule has 0 amide bonds. The molecule has 1 atom stereocenters. The number of nitrogens with zero attached hydrogens (tertiary/aromatic N) is 1. The van der Waals surface area contributed by atoms with E-state index in [0.717, 1.165) is 21.1 Å². The van der Waals surface area contributed by atoms with E-state index in [0.29, 0.717) is 0 Å². The van der Waals surface area contributed by atoms with Crippen molar-refractivity contribution in [1.29, 1.82) is 0 Å². The molecule has 3 nitrogen and oxygen atoms in total. The lowest BCUT2D eigenvalue weighted by Crippen LogP contribution is -2.19. The van der Waals surface area contributed by atoms with Gasteiger partial charge in [0, 0.05) is 22.1 Å². The van der Waals surface area contributed by atoms with Crippen molar-refractivity contribution in [2.24, 2.45) is 0 Å². The van der Waals surface area contributed by atoms with Gasteiger partial charge in [0.25, 0.3) is 0 Å². The first kappa shape index (κ1) is 11.4. The van der Waals surface area contributed by atoms with Crippen LogP contribution in [0.4, 0.5) is 5.82 Å². The number of anilines is 1. The molecule has 0 radical (unpaired) electrons. The van der Waals surface area contributed by atoms with E-state index in [-0.39, 0.29) is 12.6 Å². The highest BCUT2D eigenvalue weighted by atomic mass is 79.9. The molecule has 0 saturated carbocycles. The van der Waals surface area contributed by atoms with E-state index in [1.54, 1.807) is 0 Å². The fourth-order valence-electron chi connectivity index (χ4n) is 1.49. The average molecular weight is 281 g/mol. The molecule has 1 aromatic carbocycles. The molecule has 0 bridgehead atoms. The molecular formula is C12H13BrN2O. The molecule has 0 saturated heterocycles. The molecule has 4 heteroatoms. The Morgan fingerprint density at radius 1 is 1.38 bits per heavy atom. The monoisotopic (exact) mass is 280 g/mol. The molecule has 84 valence electrons. The van der Waals surface area contributed by atoms with E-state index in [4.69, 9.17) is 5.11 Å². The van der Waals surface area contributed by atoms with Crippen molar-refractivity contribution in [2.45, 2.75) is 13.0 Å². The maximum atomic E-state index is 8.96. The Morgan fingerprint density at radius 2 is 2.19 bits per heavy atom. The summed E-state index contributed by atoms with van der Waals surface area (Å²) in [7, 11) is 0. The van der Waals surface area contributed by atoms with Gasteiger partial charge in [0.15, 0.2) is 0 Å². The van der Waals surface area contributed by atoms with Crippen LogP contribution in [-0.2, 0) is 0 Å². The summed E-state index contributed by atoms with van der Waals surface area (Å²) in [5, 5.41) is 14.3. The van der Waals surface area contributed by atoms with Gasteiger partial charge < -0.3 is 10.4 Å². The average Bonchev–Trinajstić information content (AvgIpc) is 2.28. The van der Waals surface area contributed by atoms with Crippen LogP contribution in [0, 0.1) is 0 Å². The van der Waals surface area contributed by atoms with Gasteiger partial charge in [-0.3, -0.25) is 0 Å². The van der Waals surface area contributed by atoms with Gasteiger partial charge >= 0.3 is 0 Å². The molecule has 2 N–H and O–H groups in total. The van der Waals surface area contributed by atoms with Gasteiger partial charge in [-0.25, -0.2) is 4.98 Å². The quantitative estimate of drug-likeness (QED) is 0.909. The fourth-order valence-corrected chi connectivity index (χ4v) is 1.87. The molecule has 2 aromatic rings. The van der Waals surface area contributed by atoms with Crippen molar-refractivity contribution < 1.29 is 5.11 Å². The molecule has 2 rings (SSSR count). The summed E-state index contributed by atoms with van der Waals surface area (Å²) < 4.78 is 1.05. The third-order valence-corrected chi connectivity index (χ3v) is 2.85. The lowest BCUT2D eigenvalue weighted by molar-refractivity contribution is 0.281. The number of halogens is 1. The maximum Gasteiger partial charge on any atom is 0.126 e. The van der Waals surface area contributed by atoms with Crippen LogP contribution in [0.2, 0.25) is 0 Å². The second-order valence-electron chi connectivity index (χ2n) is 3.79. The first-order chi connectivity index (χ1) is 7.69. The van der Waals surface area contributed by atoms with Gasteiger partial charge in [-0.15, -0.1) is 0 Å². The smallest absolute Gasteiger partial charge is 0.126 e. The third-order valence-electron chi connectivity index (χ3n) is 2.35. The molecular weight excluding hydrogens is 268 g/mol. The number of hydrogen-bond acceptors (Lipinski definition) is 3. The number of aliphatic hydroxyl groups is 1. The van der Waals surface area contributed by atoms with Crippen molar-refractivity contribution >= 4 is 32.5 Å². The van der Waals surface area contributed by atoms with E-state index in [1.807, 2.05) is 37.4 Å². The highest BCUT2D eigenvalue weighted by molar-refractivity contribution is 9.10. The predicted molar refractivity (Wildman–Crippen MR) is 69.6 cm³/mol. The van der Waals surface area contributed by atoms with Crippen LogP contribution in [0.15, 0.2) is 34.9 Å². The van der Waals surface area contributed by atoms with Crippen LogP contribution in [0.3, 0.4) is 0 Å². The Hall–Kier alpha value is -1.13. The van der Waals surface area contributed by atoms with Crippen molar-refractivity contribution in [2.75, 3.05) is 11.9 Å². The van der Waals surface area contributed by atoms with Crippen molar-refractivity contribution in [1.82, 2.24) is 4.98 Å². The van der Waals surface area contributed by atoms with Crippen LogP contribution in [-0.4, -0.2) is 22.7 Å². The van der Waals surface area contributed by atoms with E-state index < -0.39 is 0 Å². The van der Waals surface area contributed by atoms with Crippen LogP contribution < -0.4 is 5.32 Å². The van der Waals surface area contributed by atoms with E-state index in [9.17, 15) is 0 Å². The number of aliphatic hydroxyl groups excluding tert-OH is 1. The zero-order valence-corrected chi connectivity index (χ0v) is 10.5. The van der Waals surface area contributed by atoms with Crippen LogP contribution in [0.1, 0.15) is 6.92 Å². The van der Waals surface area contributed by atoms with Gasteiger partial charge in [0.2, 0.25) is 0 Å². The number of aromatic nitrogens is 1. The highest BCUT2D eigenvalue weighted by Gasteiger charge is 2.02. The second-order valence-corrected chi connectivity index (χ2v) is 4.70. The zero-order valence-electron chi connectivity index (χ0n) is 8.94. The Kier molecular flexibility index (Phi) is 3.41. The van der Waals surface area contributed by atoms with Gasteiger partial charge in [-0.2, -0.15) is 0 Å². The van der Waals surface area contributed by atoms with Crippen LogP contribution in [0.5, 0.6) is 0 Å². The number of nitrogens with one attached hydrogen (secondary N) is 1. The largest absolute Gasteiger partial charge is 0.394 e. The zero-order chi connectivity index (χ0) is 11.5. The van der Waals surface area contributed by atoms with Crippen molar-refractivity contribution in [3.63, 3.8) is 0 Å². The minimum Gasteiger partial charge on any atom is -0.394 e. The van der Waals surface area contributed by atoms with Gasteiger partial charge in [-0.1, -0.05) is 22.0 Å². The number of pyridine rings is 1. The second kappa shape index (κ2) is 4.80. The number of rotatable bonds is 3. The lowest BCUT2D eigenvalue weighted by atomic mass is 10.2. The molecule has 1 unspecified atom stereocenters. The number of benzene rings is 1. The lowest BCUT2D eigenvalue weighted by Gasteiger charge is -2.11. The first-order valence-electron chi connectivity index (χ1n) is 5.12. The Morgan fingerprint density at radius 3 is 2.94 bits per heavy atom. The van der Waals surface area contributed by atoms with E-state index in [1.165, 1.54) is 0 Å². The summed E-state index contributed by atoms with van der Waals surface area (Å²) in [6, 6.07) is 8.05. The van der Waals surface area contributed by atoms with Crippen LogP contribution >= 0.6 is 15.9 Å². The molecule has 16 heavy (non-hydrogen) atoms. The third kappa shape index (κ3) is 2.51. The van der Waals surface area contributed by atoms with Crippen LogP contribution in [0.25, 0.3) is 10.8 Å². The van der Waals surface area contributed by atoms with Crippen molar-refractivity contribution in [3.8, 4) is 0 Å². The Bertz CT molecular complexity index is 501. The van der Waals surface area contributed by atoms with Gasteiger partial charge in [-0.05, 0) is 30.5 Å². The molecule has 0 aliphatic heterocycles. The SMILES string of the molecule is CC(CO)Nc1cc2cc(Br)ccc2cn1. The molecule has 1 heterocycles. The topological polar surface area (TPSA) is 45.1 Å². The molecule has 0 aliphatic rings. The highest BCUT2D eigenvalue weighted by Crippen LogP contribution is 2.21. The number of fused-ring (bicyclic) bond motifs is 1. The summed E-state index contributed by atoms with van der Waals surface area (Å²) in [4.78, 5) is 4.29. The first-order valence-corrected chi connectivity index (χ1v) is 5.91. The van der Waals surface area contributed by atoms with E-state index in [2.05, 4.69) is 26.2 Å². The normalized spacial score (nSPS) is 12.7. The number of hydrogen-bond donors (Lipinski definition) is 2. The summed E-state index contributed by atoms with van der Waals surface area (Å²) in [5.74, 6) is 0.784. The fraction of sp³-hybridized carbons (Fsp3) is 0.250. The molecule has 0 spiro atoms. The summed E-state index contributed by atoms with van der Waals surface area (Å²) in [6.07, 6.45) is 1.83. The summed E-state index contributed by atoms with van der Waals surface area (Å²) in [5.41, 5.74) is 0. The standard InChI is InChI=1S/C12H13BrN2O/c1-8(7-16)15-12-5-10-4-11(13)3-2-9(10)6-14-12/h2-6,8,16H,7H2,1H3,(H,14,15). The van der Waals surface area contributed by atoms with E-state index >= 15 is 0 Å². The summed E-state index contributed by atoms with van der Waals surface area (Å²) >= 11 is 3.44. The summed E-state index contributed by atoms with van der Waals surface area (Å²) in [6.45, 7) is 2.00. The minimum absolute atomic E-state index is 0.0112. The molecule has 1 aromatic heterocycles. The molecule has 0 aliphatic carbocycles. The Labute approximate surface area is 103 Å². The van der Waals surface area contributed by atoms with Crippen molar-refractivity contribution in [3.05, 3.63) is 34.9 Å². The maximum absolute atomic E-state index is 8.96.